The monoisotopic (exact) mass is 445 g/mol. The Kier molecular flexibility index (Phi) is 7.26. The lowest BCUT2D eigenvalue weighted by atomic mass is 10.2. The van der Waals surface area contributed by atoms with Gasteiger partial charge in [0.05, 0.1) is 36.4 Å². The van der Waals surface area contributed by atoms with E-state index in [0.717, 1.165) is 14.6 Å². The van der Waals surface area contributed by atoms with Crippen molar-refractivity contribution in [1.82, 2.24) is 10.4 Å². The predicted octanol–water partition coefficient (Wildman–Crippen LogP) is 3.48. The zero-order valence-electron chi connectivity index (χ0n) is 16.5. The molecule has 0 radical (unpaired) electrons. The average Bonchev–Trinajstić information content (AvgIpc) is 3.15. The number of thioether (sulfide) groups is 1. The quantitative estimate of drug-likeness (QED) is 0.186. The molecule has 1 N–H and O–H groups in total. The lowest BCUT2D eigenvalue weighted by Gasteiger charge is -2.13. The van der Waals surface area contributed by atoms with Gasteiger partial charge in [0.15, 0.2) is 15.8 Å². The third-order valence-corrected chi connectivity index (χ3v) is 5.91. The molecule has 0 unspecified atom stereocenters. The molecule has 0 saturated heterocycles. The second-order valence-electron chi connectivity index (χ2n) is 5.88. The molecule has 3 aromatic rings. The minimum atomic E-state index is -0.495. The molecular weight excluding hydrogens is 426 g/mol. The van der Waals surface area contributed by atoms with Gasteiger partial charge in [0.1, 0.15) is 0 Å². The maximum absolute atomic E-state index is 12.1. The van der Waals surface area contributed by atoms with Gasteiger partial charge in [-0.15, -0.1) is 11.3 Å². The molecule has 0 bridgehead atoms. The largest absolute Gasteiger partial charge is 0.493 e. The number of ether oxygens (including phenoxy) is 3. The number of thiazole rings is 1. The average molecular weight is 446 g/mol. The molecule has 30 heavy (non-hydrogen) atoms. The summed E-state index contributed by atoms with van der Waals surface area (Å²) < 4.78 is 17.6. The second kappa shape index (κ2) is 10.1. The Labute approximate surface area is 181 Å². The summed E-state index contributed by atoms with van der Waals surface area (Å²) in [6, 6.07) is 11.1. The number of para-hydroxylation sites is 1. The summed E-state index contributed by atoms with van der Waals surface area (Å²) in [5, 5.41) is 3.96. The van der Waals surface area contributed by atoms with Crippen LogP contribution in [-0.4, -0.2) is 43.0 Å². The zero-order chi connectivity index (χ0) is 21.5. The van der Waals surface area contributed by atoms with E-state index >= 15 is 0 Å². The van der Waals surface area contributed by atoms with Crippen molar-refractivity contribution in [2.24, 2.45) is 5.10 Å². The lowest BCUT2D eigenvalue weighted by Crippen LogP contribution is -2.19. The van der Waals surface area contributed by atoms with E-state index in [1.165, 1.54) is 39.1 Å². The number of aromatic nitrogens is 1. The summed E-state index contributed by atoms with van der Waals surface area (Å²) in [6.45, 7) is 1.29. The number of carbonyl (C=O) groups excluding carboxylic acids is 2. The Morgan fingerprint density at radius 3 is 2.53 bits per heavy atom. The number of methoxy groups -OCH3 is 2. The van der Waals surface area contributed by atoms with Crippen LogP contribution in [0.4, 0.5) is 0 Å². The van der Waals surface area contributed by atoms with Gasteiger partial charge in [0.2, 0.25) is 5.75 Å². The van der Waals surface area contributed by atoms with Crippen molar-refractivity contribution in [3.8, 4) is 17.2 Å². The molecule has 0 aliphatic heterocycles. The molecule has 1 aromatic heterocycles. The van der Waals surface area contributed by atoms with E-state index in [2.05, 4.69) is 15.5 Å². The van der Waals surface area contributed by atoms with Gasteiger partial charge in [-0.2, -0.15) is 5.10 Å². The highest BCUT2D eigenvalue weighted by Crippen LogP contribution is 2.38. The summed E-state index contributed by atoms with van der Waals surface area (Å²) in [6.07, 6.45) is 1.45. The summed E-state index contributed by atoms with van der Waals surface area (Å²) >= 11 is 2.90. The zero-order valence-corrected chi connectivity index (χ0v) is 18.1. The third-order valence-electron chi connectivity index (χ3n) is 3.73. The van der Waals surface area contributed by atoms with Crippen LogP contribution in [0.2, 0.25) is 0 Å². The van der Waals surface area contributed by atoms with E-state index < -0.39 is 5.97 Å². The first-order chi connectivity index (χ1) is 14.5. The molecule has 0 saturated carbocycles. The van der Waals surface area contributed by atoms with E-state index in [9.17, 15) is 9.59 Å². The van der Waals surface area contributed by atoms with Crippen LogP contribution < -0.4 is 19.6 Å². The second-order valence-corrected chi connectivity index (χ2v) is 8.13. The summed E-state index contributed by atoms with van der Waals surface area (Å²) in [5.74, 6) is 0.236. The Bertz CT molecular complexity index is 1040. The highest BCUT2D eigenvalue weighted by atomic mass is 32.2. The van der Waals surface area contributed by atoms with Crippen LogP contribution in [0, 0.1) is 0 Å². The number of benzene rings is 2. The highest BCUT2D eigenvalue weighted by molar-refractivity contribution is 8.01. The molecule has 0 aliphatic rings. The third kappa shape index (κ3) is 5.49. The molecule has 10 heteroatoms. The molecule has 8 nitrogen and oxygen atoms in total. The summed E-state index contributed by atoms with van der Waals surface area (Å²) in [4.78, 5) is 27.8. The molecule has 2 aromatic carbocycles. The van der Waals surface area contributed by atoms with Gasteiger partial charge >= 0.3 is 5.97 Å². The fourth-order valence-electron chi connectivity index (χ4n) is 2.47. The van der Waals surface area contributed by atoms with E-state index in [1.54, 1.807) is 23.5 Å². The number of hydrazone groups is 1. The van der Waals surface area contributed by atoms with Crippen molar-refractivity contribution in [1.29, 1.82) is 0 Å². The maximum atomic E-state index is 12.1. The van der Waals surface area contributed by atoms with Gasteiger partial charge in [-0.25, -0.2) is 10.4 Å². The Morgan fingerprint density at radius 2 is 1.90 bits per heavy atom. The molecule has 0 fully saturated rings. The first kappa shape index (κ1) is 21.6. The molecule has 1 amide bonds. The van der Waals surface area contributed by atoms with Gasteiger partial charge in [0.25, 0.3) is 5.91 Å². The Hall–Kier alpha value is -3.11. The molecule has 3 rings (SSSR count). The van der Waals surface area contributed by atoms with Crippen LogP contribution in [0.15, 0.2) is 45.8 Å². The number of amides is 1. The van der Waals surface area contributed by atoms with Crippen LogP contribution in [0.5, 0.6) is 17.2 Å². The number of hydrogen-bond acceptors (Lipinski definition) is 9. The van der Waals surface area contributed by atoms with Crippen molar-refractivity contribution >= 4 is 51.4 Å². The van der Waals surface area contributed by atoms with Crippen molar-refractivity contribution in [2.75, 3.05) is 20.0 Å². The van der Waals surface area contributed by atoms with Crippen molar-refractivity contribution in [3.05, 3.63) is 42.0 Å². The van der Waals surface area contributed by atoms with Crippen molar-refractivity contribution < 1.29 is 23.8 Å². The number of hydrogen-bond donors (Lipinski definition) is 1. The number of carbonyl (C=O) groups is 2. The normalized spacial score (nSPS) is 10.9. The smallest absolute Gasteiger partial charge is 0.308 e. The van der Waals surface area contributed by atoms with Crippen LogP contribution in [0.1, 0.15) is 12.5 Å². The molecular formula is C20H19N3O5S2. The standard InChI is InChI=1S/C20H19N3O5S2/c1-12(24)28-19-15(26-2)8-13(9-16(19)27-3)10-21-23-18(25)11-29-20-22-14-6-4-5-7-17(14)30-20/h4-10H,11H2,1-3H3,(H,23,25). The summed E-state index contributed by atoms with van der Waals surface area (Å²) in [7, 11) is 2.90. The number of fused-ring (bicyclic) bond motifs is 1. The van der Waals surface area contributed by atoms with Crippen LogP contribution in [0.25, 0.3) is 10.2 Å². The minimum Gasteiger partial charge on any atom is -0.493 e. The maximum Gasteiger partial charge on any atom is 0.308 e. The highest BCUT2D eigenvalue weighted by Gasteiger charge is 2.15. The first-order valence-electron chi connectivity index (χ1n) is 8.75. The summed E-state index contributed by atoms with van der Waals surface area (Å²) in [5.41, 5.74) is 3.99. The molecule has 156 valence electrons. The van der Waals surface area contributed by atoms with Crippen LogP contribution in [-0.2, 0) is 9.59 Å². The van der Waals surface area contributed by atoms with E-state index in [4.69, 9.17) is 14.2 Å². The number of nitrogens with one attached hydrogen (secondary N) is 1. The molecule has 0 atom stereocenters. The number of esters is 1. The fraction of sp³-hybridized carbons (Fsp3) is 0.200. The van der Waals surface area contributed by atoms with Gasteiger partial charge in [-0.3, -0.25) is 9.59 Å². The SMILES string of the molecule is COc1cc(C=NNC(=O)CSc2nc3ccccc3s2)cc(OC)c1OC(C)=O. The van der Waals surface area contributed by atoms with Gasteiger partial charge in [-0.05, 0) is 24.3 Å². The Balaban J connectivity index is 1.61. The van der Waals surface area contributed by atoms with Crippen molar-refractivity contribution in [3.63, 3.8) is 0 Å². The van der Waals surface area contributed by atoms with Crippen molar-refractivity contribution in [2.45, 2.75) is 11.3 Å². The van der Waals surface area contributed by atoms with E-state index in [-0.39, 0.29) is 17.4 Å². The topological polar surface area (TPSA) is 99.1 Å². The molecule has 1 heterocycles. The molecule has 0 spiro atoms. The van der Waals surface area contributed by atoms with Crippen LogP contribution in [0.3, 0.4) is 0 Å². The fourth-order valence-corrected chi connectivity index (χ4v) is 4.33. The molecule has 0 aliphatic carbocycles. The van der Waals surface area contributed by atoms with Gasteiger partial charge in [-0.1, -0.05) is 23.9 Å². The lowest BCUT2D eigenvalue weighted by molar-refractivity contribution is -0.132. The minimum absolute atomic E-state index is 0.181. The van der Waals surface area contributed by atoms with Crippen LogP contribution >= 0.6 is 23.1 Å². The van der Waals surface area contributed by atoms with E-state index in [1.807, 2.05) is 24.3 Å². The predicted molar refractivity (Wildman–Crippen MR) is 117 cm³/mol. The first-order valence-corrected chi connectivity index (χ1v) is 10.5. The van der Waals surface area contributed by atoms with Gasteiger partial charge < -0.3 is 14.2 Å². The number of rotatable bonds is 8. The number of nitrogens with zero attached hydrogens (tertiary/aromatic N) is 2. The Morgan fingerprint density at radius 1 is 1.20 bits per heavy atom. The van der Waals surface area contributed by atoms with E-state index in [0.29, 0.717) is 17.1 Å². The van der Waals surface area contributed by atoms with Gasteiger partial charge in [0, 0.05) is 12.5 Å².